The fourth-order valence-electron chi connectivity index (χ4n) is 1.23. The summed E-state index contributed by atoms with van der Waals surface area (Å²) in [5, 5.41) is 0. The minimum Gasteiger partial charge on any atom is -0.375 e. The lowest BCUT2D eigenvalue weighted by molar-refractivity contribution is 0.128. The molecule has 0 fully saturated rings. The van der Waals surface area contributed by atoms with E-state index in [-0.39, 0.29) is 5.83 Å². The Balaban J connectivity index is 2.99. The fourth-order valence-corrected chi connectivity index (χ4v) is 1.23. The van der Waals surface area contributed by atoms with Crippen LogP contribution in [0.1, 0.15) is 19.4 Å². The number of benzene rings is 1. The quantitative estimate of drug-likeness (QED) is 0.716. The number of methoxy groups -OCH3 is 1. The van der Waals surface area contributed by atoms with Crippen molar-refractivity contribution in [2.45, 2.75) is 20.0 Å². The zero-order valence-corrected chi connectivity index (χ0v) is 8.75. The van der Waals surface area contributed by atoms with Crippen molar-refractivity contribution >= 4 is 5.57 Å². The lowest BCUT2D eigenvalue weighted by Crippen LogP contribution is -2.06. The number of ether oxygens (including phenoxy) is 1. The van der Waals surface area contributed by atoms with Gasteiger partial charge in [-0.3, -0.25) is 0 Å². The van der Waals surface area contributed by atoms with Crippen LogP contribution in [0.25, 0.3) is 5.57 Å². The summed E-state index contributed by atoms with van der Waals surface area (Å²) in [5.74, 6) is -0.210. The molecule has 0 spiro atoms. The summed E-state index contributed by atoms with van der Waals surface area (Å²) in [6.45, 7) is 3.46. The lowest BCUT2D eigenvalue weighted by Gasteiger charge is -2.10. The van der Waals surface area contributed by atoms with Gasteiger partial charge in [0.25, 0.3) is 0 Å². The Kier molecular flexibility index (Phi) is 3.84. The van der Waals surface area contributed by atoms with Gasteiger partial charge in [0.15, 0.2) is 0 Å². The number of hydrogen-bond acceptors (Lipinski definition) is 1. The van der Waals surface area contributed by atoms with Gasteiger partial charge in [-0.25, -0.2) is 4.39 Å². The maximum Gasteiger partial charge on any atom is 0.132 e. The third-order valence-corrected chi connectivity index (χ3v) is 2.28. The molecule has 1 atom stereocenters. The van der Waals surface area contributed by atoms with Gasteiger partial charge in [-0.1, -0.05) is 30.3 Å². The maximum atomic E-state index is 13.6. The van der Waals surface area contributed by atoms with E-state index in [9.17, 15) is 4.39 Å². The van der Waals surface area contributed by atoms with Crippen LogP contribution in [0.15, 0.2) is 36.2 Å². The van der Waals surface area contributed by atoms with Crippen LogP contribution >= 0.6 is 0 Å². The largest absolute Gasteiger partial charge is 0.375 e. The van der Waals surface area contributed by atoms with Crippen LogP contribution in [0.4, 0.5) is 4.39 Å². The molecule has 1 rings (SSSR count). The predicted octanol–water partition coefficient (Wildman–Crippen LogP) is 3.42. The van der Waals surface area contributed by atoms with Crippen molar-refractivity contribution in [3.05, 3.63) is 41.7 Å². The molecule has 1 aromatic carbocycles. The van der Waals surface area contributed by atoms with Crippen LogP contribution in [0.5, 0.6) is 0 Å². The highest BCUT2D eigenvalue weighted by molar-refractivity contribution is 5.65. The molecule has 0 bridgehead atoms. The summed E-state index contributed by atoms with van der Waals surface area (Å²) in [5.41, 5.74) is 1.54. The second kappa shape index (κ2) is 4.91. The molecule has 0 aliphatic rings. The molecule has 1 nitrogen and oxygen atoms in total. The van der Waals surface area contributed by atoms with E-state index in [1.165, 1.54) is 7.11 Å². The highest BCUT2D eigenvalue weighted by atomic mass is 19.1. The smallest absolute Gasteiger partial charge is 0.132 e. The Hall–Kier alpha value is -1.15. The first-order valence-electron chi connectivity index (χ1n) is 4.61. The molecule has 0 saturated carbocycles. The summed E-state index contributed by atoms with van der Waals surface area (Å²) in [6.07, 6.45) is -0.477. The van der Waals surface area contributed by atoms with Gasteiger partial charge in [0.1, 0.15) is 11.9 Å². The topological polar surface area (TPSA) is 9.23 Å². The van der Waals surface area contributed by atoms with Gasteiger partial charge >= 0.3 is 0 Å². The maximum absolute atomic E-state index is 13.6. The third kappa shape index (κ3) is 2.42. The van der Waals surface area contributed by atoms with E-state index in [1.54, 1.807) is 13.8 Å². The van der Waals surface area contributed by atoms with E-state index in [0.29, 0.717) is 5.57 Å². The molecule has 0 heterocycles. The number of rotatable bonds is 3. The van der Waals surface area contributed by atoms with Gasteiger partial charge in [0.05, 0.1) is 0 Å². The molecular weight excluding hydrogens is 179 g/mol. The Labute approximate surface area is 84.2 Å². The molecule has 0 aliphatic heterocycles. The number of halogens is 1. The van der Waals surface area contributed by atoms with E-state index in [2.05, 4.69) is 0 Å². The van der Waals surface area contributed by atoms with Crippen molar-refractivity contribution in [3.8, 4) is 0 Å². The van der Waals surface area contributed by atoms with Gasteiger partial charge in [0, 0.05) is 7.11 Å². The van der Waals surface area contributed by atoms with Crippen molar-refractivity contribution in [2.24, 2.45) is 0 Å². The van der Waals surface area contributed by atoms with Crippen molar-refractivity contribution in [2.75, 3.05) is 7.11 Å². The molecule has 14 heavy (non-hydrogen) atoms. The van der Waals surface area contributed by atoms with Crippen LogP contribution in [-0.4, -0.2) is 13.2 Å². The molecule has 1 aromatic rings. The molecule has 2 heteroatoms. The number of hydrogen-bond donors (Lipinski definition) is 0. The summed E-state index contributed by atoms with van der Waals surface area (Å²) < 4.78 is 18.6. The van der Waals surface area contributed by atoms with E-state index in [4.69, 9.17) is 4.74 Å². The van der Waals surface area contributed by atoms with Crippen molar-refractivity contribution in [3.63, 3.8) is 0 Å². The summed E-state index contributed by atoms with van der Waals surface area (Å²) in [7, 11) is 1.50. The van der Waals surface area contributed by atoms with E-state index < -0.39 is 6.10 Å². The van der Waals surface area contributed by atoms with Gasteiger partial charge in [0.2, 0.25) is 0 Å². The first-order valence-corrected chi connectivity index (χ1v) is 4.61. The minimum absolute atomic E-state index is 0.210. The highest BCUT2D eigenvalue weighted by Crippen LogP contribution is 2.22. The Bertz CT molecular complexity index is 316. The third-order valence-electron chi connectivity index (χ3n) is 2.28. The number of allylic oxidation sites excluding steroid dienone is 1. The van der Waals surface area contributed by atoms with Crippen LogP contribution in [0.3, 0.4) is 0 Å². The minimum atomic E-state index is -0.477. The second-order valence-corrected chi connectivity index (χ2v) is 3.22. The highest BCUT2D eigenvalue weighted by Gasteiger charge is 2.11. The zero-order chi connectivity index (χ0) is 10.6. The van der Waals surface area contributed by atoms with E-state index >= 15 is 0 Å². The standard InChI is InChI=1S/C12H15FO/c1-9(12(13)10(2)14-3)11-7-5-4-6-8-11/h4-8,10H,1-3H3/b12-9-. The Morgan fingerprint density at radius 3 is 2.36 bits per heavy atom. The van der Waals surface area contributed by atoms with Crippen molar-refractivity contribution in [1.29, 1.82) is 0 Å². The van der Waals surface area contributed by atoms with Gasteiger partial charge in [-0.05, 0) is 25.0 Å². The Morgan fingerprint density at radius 2 is 1.86 bits per heavy atom. The van der Waals surface area contributed by atoms with Crippen LogP contribution in [0, 0.1) is 0 Å². The van der Waals surface area contributed by atoms with Crippen LogP contribution in [0.2, 0.25) is 0 Å². The first kappa shape index (κ1) is 10.9. The Morgan fingerprint density at radius 1 is 1.29 bits per heavy atom. The fraction of sp³-hybridized carbons (Fsp3) is 0.333. The van der Waals surface area contributed by atoms with Crippen molar-refractivity contribution in [1.82, 2.24) is 0 Å². The second-order valence-electron chi connectivity index (χ2n) is 3.22. The zero-order valence-electron chi connectivity index (χ0n) is 8.75. The first-order chi connectivity index (χ1) is 6.66. The predicted molar refractivity (Wildman–Crippen MR) is 56.6 cm³/mol. The molecular formula is C12H15FO. The molecule has 1 unspecified atom stereocenters. The molecule has 0 saturated heterocycles. The van der Waals surface area contributed by atoms with Gasteiger partial charge < -0.3 is 4.74 Å². The van der Waals surface area contributed by atoms with Crippen LogP contribution in [-0.2, 0) is 4.74 Å². The molecule has 0 amide bonds. The molecule has 0 aliphatic carbocycles. The summed E-state index contributed by atoms with van der Waals surface area (Å²) >= 11 is 0. The SMILES string of the molecule is COC(C)/C(F)=C(\C)c1ccccc1. The van der Waals surface area contributed by atoms with Crippen molar-refractivity contribution < 1.29 is 9.13 Å². The van der Waals surface area contributed by atoms with Crippen LogP contribution < -0.4 is 0 Å². The lowest BCUT2D eigenvalue weighted by atomic mass is 10.1. The summed E-state index contributed by atoms with van der Waals surface area (Å²) in [6, 6.07) is 9.47. The molecule has 0 N–H and O–H groups in total. The average Bonchev–Trinajstić information content (AvgIpc) is 2.27. The average molecular weight is 194 g/mol. The van der Waals surface area contributed by atoms with E-state index in [0.717, 1.165) is 5.56 Å². The normalized spacial score (nSPS) is 14.9. The monoisotopic (exact) mass is 194 g/mol. The molecule has 0 radical (unpaired) electrons. The molecule has 76 valence electrons. The molecule has 0 aromatic heterocycles. The van der Waals surface area contributed by atoms with E-state index in [1.807, 2.05) is 30.3 Å². The van der Waals surface area contributed by atoms with Gasteiger partial charge in [-0.15, -0.1) is 0 Å². The van der Waals surface area contributed by atoms with Gasteiger partial charge in [-0.2, -0.15) is 0 Å². The summed E-state index contributed by atoms with van der Waals surface area (Å²) in [4.78, 5) is 0.